The van der Waals surface area contributed by atoms with Crippen LogP contribution in [0.2, 0.25) is 0 Å². The van der Waals surface area contributed by atoms with Crippen molar-refractivity contribution in [3.05, 3.63) is 23.5 Å². The third kappa shape index (κ3) is 2.90. The highest BCUT2D eigenvalue weighted by atomic mass is 16.5. The van der Waals surface area contributed by atoms with Crippen LogP contribution < -0.4 is 5.32 Å². The first-order valence-electron chi connectivity index (χ1n) is 8.97. The van der Waals surface area contributed by atoms with Gasteiger partial charge >= 0.3 is 0 Å². The number of aromatic nitrogens is 3. The number of ether oxygens (including phenoxy) is 1. The molecule has 4 rings (SSSR count). The number of amides is 1. The topological polar surface area (TPSA) is 69.0 Å². The third-order valence-electron chi connectivity index (χ3n) is 5.12. The van der Waals surface area contributed by atoms with Crippen LogP contribution in [0.15, 0.2) is 12.3 Å². The number of fused-ring (bicyclic) bond motifs is 1. The maximum atomic E-state index is 12.7. The average Bonchev–Trinajstić information content (AvgIpc) is 3.31. The van der Waals surface area contributed by atoms with Crippen LogP contribution in [0.4, 0.5) is 0 Å². The quantitative estimate of drug-likeness (QED) is 0.937. The summed E-state index contributed by atoms with van der Waals surface area (Å²) in [5.41, 5.74) is 2.36. The molecule has 2 aromatic rings. The van der Waals surface area contributed by atoms with E-state index >= 15 is 0 Å². The Morgan fingerprint density at radius 2 is 2.17 bits per heavy atom. The molecule has 2 aromatic heterocycles. The molecular weight excluding hydrogens is 304 g/mol. The van der Waals surface area contributed by atoms with Crippen molar-refractivity contribution in [2.75, 3.05) is 13.2 Å². The van der Waals surface area contributed by atoms with Gasteiger partial charge in [-0.05, 0) is 38.7 Å². The molecule has 0 bridgehead atoms. The highest BCUT2D eigenvalue weighted by Crippen LogP contribution is 2.31. The Labute approximate surface area is 141 Å². The van der Waals surface area contributed by atoms with E-state index in [4.69, 9.17) is 4.74 Å². The molecule has 1 saturated heterocycles. The summed E-state index contributed by atoms with van der Waals surface area (Å²) in [6.07, 6.45) is 8.81. The summed E-state index contributed by atoms with van der Waals surface area (Å²) in [5.74, 6) is -0.0630. The fraction of sp³-hybridized carbons (Fsp3) is 0.611. The fourth-order valence-electron chi connectivity index (χ4n) is 3.85. The van der Waals surface area contributed by atoms with Crippen LogP contribution in [0, 0.1) is 6.92 Å². The zero-order valence-electron chi connectivity index (χ0n) is 14.1. The van der Waals surface area contributed by atoms with E-state index in [0.29, 0.717) is 18.2 Å². The van der Waals surface area contributed by atoms with Crippen LogP contribution in [-0.4, -0.2) is 39.9 Å². The normalized spacial score (nSPS) is 21.6. The maximum Gasteiger partial charge on any atom is 0.252 e. The van der Waals surface area contributed by atoms with E-state index in [-0.39, 0.29) is 12.0 Å². The molecule has 1 aliphatic heterocycles. The molecule has 2 aliphatic rings. The van der Waals surface area contributed by atoms with Gasteiger partial charge in [-0.2, -0.15) is 5.10 Å². The van der Waals surface area contributed by atoms with Crippen molar-refractivity contribution in [2.45, 2.75) is 57.6 Å². The molecule has 1 amide bonds. The number of rotatable bonds is 4. The highest BCUT2D eigenvalue weighted by molar-refractivity contribution is 6.05. The minimum absolute atomic E-state index is 0.0630. The Kier molecular flexibility index (Phi) is 4.22. The lowest BCUT2D eigenvalue weighted by molar-refractivity contribution is 0.0859. The Balaban J connectivity index is 1.61. The van der Waals surface area contributed by atoms with E-state index < -0.39 is 0 Å². The van der Waals surface area contributed by atoms with Crippen LogP contribution in [0.25, 0.3) is 11.0 Å². The lowest BCUT2D eigenvalue weighted by Crippen LogP contribution is -2.32. The van der Waals surface area contributed by atoms with Gasteiger partial charge in [0.2, 0.25) is 0 Å². The van der Waals surface area contributed by atoms with Crippen LogP contribution >= 0.6 is 0 Å². The summed E-state index contributed by atoms with van der Waals surface area (Å²) < 4.78 is 7.60. The van der Waals surface area contributed by atoms with Gasteiger partial charge in [0.1, 0.15) is 0 Å². The molecule has 0 aromatic carbocycles. The van der Waals surface area contributed by atoms with Gasteiger partial charge in [0.15, 0.2) is 5.65 Å². The van der Waals surface area contributed by atoms with Crippen LogP contribution in [-0.2, 0) is 4.74 Å². The zero-order chi connectivity index (χ0) is 16.5. The summed E-state index contributed by atoms with van der Waals surface area (Å²) in [4.78, 5) is 17.3. The van der Waals surface area contributed by atoms with Crippen LogP contribution in [0.5, 0.6) is 0 Å². The van der Waals surface area contributed by atoms with Crippen molar-refractivity contribution in [3.63, 3.8) is 0 Å². The lowest BCUT2D eigenvalue weighted by Gasteiger charge is -2.13. The molecule has 1 saturated carbocycles. The van der Waals surface area contributed by atoms with Crippen LogP contribution in [0.1, 0.15) is 60.6 Å². The number of hydrogen-bond donors (Lipinski definition) is 1. The summed E-state index contributed by atoms with van der Waals surface area (Å²) in [6.45, 7) is 3.30. The summed E-state index contributed by atoms with van der Waals surface area (Å²) >= 11 is 0. The van der Waals surface area contributed by atoms with Gasteiger partial charge in [0.25, 0.3) is 5.91 Å². The van der Waals surface area contributed by atoms with Crippen LogP contribution in [0.3, 0.4) is 0 Å². The monoisotopic (exact) mass is 328 g/mol. The van der Waals surface area contributed by atoms with Crippen molar-refractivity contribution in [2.24, 2.45) is 0 Å². The Morgan fingerprint density at radius 1 is 1.33 bits per heavy atom. The molecule has 1 N–H and O–H groups in total. The van der Waals surface area contributed by atoms with Crippen molar-refractivity contribution < 1.29 is 9.53 Å². The number of pyridine rings is 1. The molecule has 6 heteroatoms. The lowest BCUT2D eigenvalue weighted by atomic mass is 10.1. The van der Waals surface area contributed by atoms with Gasteiger partial charge in [0.05, 0.1) is 29.3 Å². The third-order valence-corrected chi connectivity index (χ3v) is 5.12. The summed E-state index contributed by atoms with van der Waals surface area (Å²) in [5, 5.41) is 8.40. The zero-order valence-corrected chi connectivity index (χ0v) is 14.1. The van der Waals surface area contributed by atoms with E-state index in [0.717, 1.165) is 49.0 Å². The molecular formula is C18H24N4O2. The predicted octanol–water partition coefficient (Wildman–Crippen LogP) is 2.76. The molecule has 128 valence electrons. The van der Waals surface area contributed by atoms with Gasteiger partial charge in [0, 0.05) is 18.8 Å². The van der Waals surface area contributed by atoms with Crippen molar-refractivity contribution in [1.29, 1.82) is 0 Å². The van der Waals surface area contributed by atoms with Gasteiger partial charge < -0.3 is 10.1 Å². The molecule has 1 aliphatic carbocycles. The molecule has 2 fully saturated rings. The van der Waals surface area contributed by atoms with Crippen molar-refractivity contribution in [1.82, 2.24) is 20.1 Å². The first-order chi connectivity index (χ1) is 11.7. The van der Waals surface area contributed by atoms with E-state index in [9.17, 15) is 4.79 Å². The van der Waals surface area contributed by atoms with Crippen molar-refractivity contribution >= 4 is 16.9 Å². The number of aryl methyl sites for hydroxylation is 1. The largest absolute Gasteiger partial charge is 0.376 e. The molecule has 24 heavy (non-hydrogen) atoms. The van der Waals surface area contributed by atoms with Gasteiger partial charge in [-0.3, -0.25) is 4.79 Å². The van der Waals surface area contributed by atoms with Gasteiger partial charge in [-0.25, -0.2) is 9.67 Å². The Hall–Kier alpha value is -1.95. The van der Waals surface area contributed by atoms with Gasteiger partial charge in [-0.1, -0.05) is 12.8 Å². The van der Waals surface area contributed by atoms with E-state index in [1.54, 1.807) is 6.20 Å². The summed E-state index contributed by atoms with van der Waals surface area (Å²) in [7, 11) is 0. The standard InChI is InChI=1S/C18H24N4O2/c1-12-9-15(18(23)19-10-14-7-4-8-24-14)16-11-20-22(17(16)21-12)13-5-2-3-6-13/h9,11,13-14H,2-8,10H2,1H3,(H,19,23)/t14-/m0/s1. The minimum Gasteiger partial charge on any atom is -0.376 e. The molecule has 0 spiro atoms. The Bertz CT molecular complexity index is 743. The number of carbonyl (C=O) groups is 1. The first-order valence-corrected chi connectivity index (χ1v) is 8.97. The molecule has 0 radical (unpaired) electrons. The molecule has 1 atom stereocenters. The summed E-state index contributed by atoms with van der Waals surface area (Å²) in [6, 6.07) is 2.27. The maximum absolute atomic E-state index is 12.7. The second kappa shape index (κ2) is 6.51. The van der Waals surface area contributed by atoms with E-state index in [1.807, 2.05) is 17.7 Å². The number of hydrogen-bond acceptors (Lipinski definition) is 4. The van der Waals surface area contributed by atoms with Crippen molar-refractivity contribution in [3.8, 4) is 0 Å². The smallest absolute Gasteiger partial charge is 0.252 e. The van der Waals surface area contributed by atoms with E-state index in [2.05, 4.69) is 15.4 Å². The minimum atomic E-state index is -0.0630. The number of nitrogens with zero attached hydrogens (tertiary/aromatic N) is 3. The second-order valence-electron chi connectivity index (χ2n) is 6.92. The number of nitrogens with one attached hydrogen (secondary N) is 1. The van der Waals surface area contributed by atoms with Gasteiger partial charge in [-0.15, -0.1) is 0 Å². The average molecular weight is 328 g/mol. The first kappa shape index (κ1) is 15.6. The molecule has 3 heterocycles. The molecule has 6 nitrogen and oxygen atoms in total. The Morgan fingerprint density at radius 3 is 2.92 bits per heavy atom. The highest BCUT2D eigenvalue weighted by Gasteiger charge is 2.23. The second-order valence-corrected chi connectivity index (χ2v) is 6.92. The number of carbonyl (C=O) groups excluding carboxylic acids is 1. The predicted molar refractivity (Wildman–Crippen MR) is 91.1 cm³/mol. The van der Waals surface area contributed by atoms with E-state index in [1.165, 1.54) is 12.8 Å². The fourth-order valence-corrected chi connectivity index (χ4v) is 3.85. The SMILES string of the molecule is Cc1cc(C(=O)NC[C@@H]2CCCO2)c2cnn(C3CCCC3)c2n1. The molecule has 0 unspecified atom stereocenters.